The number of sulfonamides is 1. The summed E-state index contributed by atoms with van der Waals surface area (Å²) in [5.74, 6) is 0.662. The van der Waals surface area contributed by atoms with Crippen LogP contribution >= 0.6 is 0 Å². The van der Waals surface area contributed by atoms with Crippen molar-refractivity contribution in [3.63, 3.8) is 0 Å². The Kier molecular flexibility index (Phi) is 5.72. The first-order valence-corrected chi connectivity index (χ1v) is 9.38. The first-order valence-electron chi connectivity index (χ1n) is 7.89. The van der Waals surface area contributed by atoms with Crippen LogP contribution in [0.15, 0.2) is 47.4 Å². The molecule has 0 radical (unpaired) electrons. The molecule has 0 aliphatic rings. The molecule has 2 aromatic rings. The molecule has 0 aliphatic carbocycles. The predicted octanol–water partition coefficient (Wildman–Crippen LogP) is 4.01. The standard InChI is InChI=1S/C18H24N2O3S/c1-5-14(3)19-15-6-8-16(9-7-15)20-24(21,22)17-10-11-18(23-4)13(2)12-17/h6-12,14,19-20H,5H2,1-4H3. The largest absolute Gasteiger partial charge is 0.496 e. The van der Waals surface area contributed by atoms with Crippen molar-refractivity contribution in [2.45, 2.75) is 38.1 Å². The van der Waals surface area contributed by atoms with Crippen molar-refractivity contribution in [2.24, 2.45) is 0 Å². The van der Waals surface area contributed by atoms with Gasteiger partial charge in [0.05, 0.1) is 12.0 Å². The van der Waals surface area contributed by atoms with Gasteiger partial charge in [-0.15, -0.1) is 0 Å². The van der Waals surface area contributed by atoms with Crippen molar-refractivity contribution in [3.8, 4) is 5.75 Å². The second-order valence-corrected chi connectivity index (χ2v) is 7.45. The molecule has 2 aromatic carbocycles. The monoisotopic (exact) mass is 348 g/mol. The summed E-state index contributed by atoms with van der Waals surface area (Å²) in [5.41, 5.74) is 2.26. The van der Waals surface area contributed by atoms with Gasteiger partial charge in [0.1, 0.15) is 5.75 Å². The number of aryl methyl sites for hydroxylation is 1. The number of rotatable bonds is 7. The third-order valence-electron chi connectivity index (χ3n) is 3.84. The second kappa shape index (κ2) is 7.57. The van der Waals surface area contributed by atoms with E-state index in [4.69, 9.17) is 4.74 Å². The lowest BCUT2D eigenvalue weighted by molar-refractivity contribution is 0.411. The fourth-order valence-corrected chi connectivity index (χ4v) is 3.40. The molecule has 0 amide bonds. The van der Waals surface area contributed by atoms with Gasteiger partial charge in [0.15, 0.2) is 0 Å². The highest BCUT2D eigenvalue weighted by Crippen LogP contribution is 2.24. The summed E-state index contributed by atoms with van der Waals surface area (Å²) in [4.78, 5) is 0.211. The van der Waals surface area contributed by atoms with Gasteiger partial charge < -0.3 is 10.1 Å². The summed E-state index contributed by atoms with van der Waals surface area (Å²) in [6.45, 7) is 6.02. The van der Waals surface area contributed by atoms with Crippen LogP contribution in [0.1, 0.15) is 25.8 Å². The topological polar surface area (TPSA) is 67.4 Å². The molecule has 130 valence electrons. The van der Waals surface area contributed by atoms with Crippen molar-refractivity contribution in [3.05, 3.63) is 48.0 Å². The minimum atomic E-state index is -3.63. The van der Waals surface area contributed by atoms with Crippen molar-refractivity contribution < 1.29 is 13.2 Å². The molecule has 6 heteroatoms. The summed E-state index contributed by atoms with van der Waals surface area (Å²) in [7, 11) is -2.07. The van der Waals surface area contributed by atoms with E-state index < -0.39 is 10.0 Å². The van der Waals surface area contributed by atoms with Gasteiger partial charge in [-0.25, -0.2) is 8.42 Å². The van der Waals surface area contributed by atoms with Gasteiger partial charge in [0.2, 0.25) is 0 Å². The Morgan fingerprint density at radius 3 is 2.25 bits per heavy atom. The van der Waals surface area contributed by atoms with Gasteiger partial charge in [0, 0.05) is 17.4 Å². The number of ether oxygens (including phenoxy) is 1. The third kappa shape index (κ3) is 4.41. The number of hydrogen-bond donors (Lipinski definition) is 2. The molecule has 24 heavy (non-hydrogen) atoms. The Bertz CT molecular complexity index is 786. The molecule has 0 fully saturated rings. The van der Waals surface area contributed by atoms with Gasteiger partial charge in [-0.1, -0.05) is 6.92 Å². The normalized spacial score (nSPS) is 12.5. The van der Waals surface area contributed by atoms with E-state index in [1.807, 2.05) is 19.1 Å². The molecular formula is C18H24N2O3S. The van der Waals surface area contributed by atoms with E-state index in [0.29, 0.717) is 17.5 Å². The second-order valence-electron chi connectivity index (χ2n) is 5.77. The van der Waals surface area contributed by atoms with Crippen molar-refractivity contribution in [1.29, 1.82) is 0 Å². The Hall–Kier alpha value is -2.21. The average Bonchev–Trinajstić information content (AvgIpc) is 2.56. The van der Waals surface area contributed by atoms with Crippen molar-refractivity contribution in [2.75, 3.05) is 17.1 Å². The smallest absolute Gasteiger partial charge is 0.261 e. The Morgan fingerprint density at radius 2 is 1.71 bits per heavy atom. The van der Waals surface area contributed by atoms with E-state index >= 15 is 0 Å². The van der Waals surface area contributed by atoms with Gasteiger partial charge in [0.25, 0.3) is 10.0 Å². The van der Waals surface area contributed by atoms with Crippen LogP contribution in [-0.4, -0.2) is 21.6 Å². The van der Waals surface area contributed by atoms with E-state index in [0.717, 1.165) is 17.7 Å². The maximum atomic E-state index is 12.5. The maximum Gasteiger partial charge on any atom is 0.261 e. The highest BCUT2D eigenvalue weighted by Gasteiger charge is 2.15. The molecule has 1 atom stereocenters. The van der Waals surface area contributed by atoms with E-state index in [9.17, 15) is 8.42 Å². The molecule has 0 bridgehead atoms. The molecule has 1 unspecified atom stereocenters. The minimum Gasteiger partial charge on any atom is -0.496 e. The van der Waals surface area contributed by atoms with Gasteiger partial charge in [-0.05, 0) is 68.3 Å². The van der Waals surface area contributed by atoms with E-state index in [2.05, 4.69) is 23.9 Å². The summed E-state index contributed by atoms with van der Waals surface area (Å²) in [6.07, 6.45) is 1.02. The molecular weight excluding hydrogens is 324 g/mol. The first kappa shape index (κ1) is 18.1. The minimum absolute atomic E-state index is 0.211. The fourth-order valence-electron chi connectivity index (χ4n) is 2.25. The van der Waals surface area contributed by atoms with Crippen LogP contribution in [0.4, 0.5) is 11.4 Å². The van der Waals surface area contributed by atoms with Gasteiger partial charge in [-0.2, -0.15) is 0 Å². The summed E-state index contributed by atoms with van der Waals surface area (Å²) in [5, 5.41) is 3.34. The number of nitrogens with one attached hydrogen (secondary N) is 2. The Balaban J connectivity index is 2.15. The van der Waals surface area contributed by atoms with E-state index in [-0.39, 0.29) is 4.90 Å². The van der Waals surface area contributed by atoms with Crippen LogP contribution in [0.2, 0.25) is 0 Å². The molecule has 0 heterocycles. The predicted molar refractivity (Wildman–Crippen MR) is 98.4 cm³/mol. The maximum absolute atomic E-state index is 12.5. The molecule has 2 N–H and O–H groups in total. The molecule has 2 rings (SSSR count). The zero-order valence-electron chi connectivity index (χ0n) is 14.5. The van der Waals surface area contributed by atoms with Crippen molar-refractivity contribution >= 4 is 21.4 Å². The Morgan fingerprint density at radius 1 is 1.08 bits per heavy atom. The van der Waals surface area contributed by atoms with Crippen LogP contribution in [0.5, 0.6) is 5.75 Å². The van der Waals surface area contributed by atoms with Gasteiger partial charge in [-0.3, -0.25) is 4.72 Å². The average molecular weight is 348 g/mol. The first-order chi connectivity index (χ1) is 11.4. The highest BCUT2D eigenvalue weighted by molar-refractivity contribution is 7.92. The highest BCUT2D eigenvalue weighted by atomic mass is 32.2. The summed E-state index contributed by atoms with van der Waals surface area (Å²) >= 11 is 0. The van der Waals surface area contributed by atoms with E-state index in [1.165, 1.54) is 6.07 Å². The van der Waals surface area contributed by atoms with E-state index in [1.54, 1.807) is 31.4 Å². The zero-order chi connectivity index (χ0) is 17.7. The molecule has 0 saturated heterocycles. The lowest BCUT2D eigenvalue weighted by Gasteiger charge is -2.14. The summed E-state index contributed by atoms with van der Waals surface area (Å²) in [6, 6.07) is 12.4. The van der Waals surface area contributed by atoms with Crippen LogP contribution in [0.25, 0.3) is 0 Å². The number of hydrogen-bond acceptors (Lipinski definition) is 4. The SMILES string of the molecule is CCC(C)Nc1ccc(NS(=O)(=O)c2ccc(OC)c(C)c2)cc1. The Labute approximate surface area is 144 Å². The van der Waals surface area contributed by atoms with Crippen LogP contribution in [0, 0.1) is 6.92 Å². The quantitative estimate of drug-likeness (QED) is 0.793. The number of benzene rings is 2. The molecule has 0 aromatic heterocycles. The third-order valence-corrected chi connectivity index (χ3v) is 5.22. The van der Waals surface area contributed by atoms with Crippen LogP contribution in [-0.2, 0) is 10.0 Å². The molecule has 5 nitrogen and oxygen atoms in total. The van der Waals surface area contributed by atoms with Gasteiger partial charge >= 0.3 is 0 Å². The summed E-state index contributed by atoms with van der Waals surface area (Å²) < 4.78 is 32.7. The molecule has 0 aliphatic heterocycles. The number of methoxy groups -OCH3 is 1. The van der Waals surface area contributed by atoms with Crippen molar-refractivity contribution in [1.82, 2.24) is 0 Å². The lowest BCUT2D eigenvalue weighted by atomic mass is 10.2. The lowest BCUT2D eigenvalue weighted by Crippen LogP contribution is -2.14. The molecule has 0 saturated carbocycles. The molecule has 0 spiro atoms. The number of anilines is 2. The van der Waals surface area contributed by atoms with Crippen LogP contribution in [0.3, 0.4) is 0 Å². The zero-order valence-corrected chi connectivity index (χ0v) is 15.3. The fraction of sp³-hybridized carbons (Fsp3) is 0.333. The van der Waals surface area contributed by atoms with Crippen LogP contribution < -0.4 is 14.8 Å².